The van der Waals surface area contributed by atoms with Crippen LogP contribution in [0.15, 0.2) is 224 Å². The summed E-state index contributed by atoms with van der Waals surface area (Å²) < 4.78 is 0. The Kier molecular flexibility index (Phi) is 11.8. The number of para-hydroxylation sites is 2. The van der Waals surface area contributed by atoms with Gasteiger partial charge in [0.2, 0.25) is 0 Å². The molecule has 4 unspecified atom stereocenters. The molecule has 4 nitrogen and oxygen atoms in total. The SMILES string of the molecule is C=C(NCC1C=CC(c2cccc(-c3ccccc3Nc3ccc(-c4cccc5c4[C@H]4C=CC=CC4N5C(CNc4ccccc4)C4=CCCC=C4)cc3)c2)=CC1)C1C=CC=CC1. The van der Waals surface area contributed by atoms with Gasteiger partial charge in [-0.25, -0.2) is 0 Å². The van der Waals surface area contributed by atoms with Crippen LogP contribution in [0, 0.1) is 11.8 Å². The molecule has 5 atom stereocenters. The monoisotopic (exact) mass is 820 g/mol. The summed E-state index contributed by atoms with van der Waals surface area (Å²) in [7, 11) is 0. The summed E-state index contributed by atoms with van der Waals surface area (Å²) in [5, 5.41) is 11.2. The summed E-state index contributed by atoms with van der Waals surface area (Å²) in [5.41, 5.74) is 15.9. The molecule has 1 aliphatic heterocycles. The van der Waals surface area contributed by atoms with Gasteiger partial charge in [-0.3, -0.25) is 0 Å². The molecule has 0 fully saturated rings. The molecule has 0 saturated carbocycles. The number of hydrogen-bond donors (Lipinski definition) is 3. The van der Waals surface area contributed by atoms with Crippen molar-refractivity contribution in [1.29, 1.82) is 0 Å². The molecule has 0 spiro atoms. The van der Waals surface area contributed by atoms with E-state index in [1.807, 2.05) is 0 Å². The minimum atomic E-state index is 0.179. The van der Waals surface area contributed by atoms with Crippen LogP contribution in [0.5, 0.6) is 0 Å². The number of rotatable bonds is 14. The van der Waals surface area contributed by atoms with E-state index >= 15 is 0 Å². The van der Waals surface area contributed by atoms with Crippen molar-refractivity contribution in [3.63, 3.8) is 0 Å². The number of allylic oxidation sites excluding steroid dienone is 11. The second kappa shape index (κ2) is 18.5. The molecular formula is C59H56N4. The molecule has 312 valence electrons. The number of benzene rings is 5. The van der Waals surface area contributed by atoms with Gasteiger partial charge >= 0.3 is 0 Å². The van der Waals surface area contributed by atoms with Gasteiger partial charge in [-0.2, -0.15) is 0 Å². The minimum Gasteiger partial charge on any atom is -0.388 e. The molecule has 0 amide bonds. The maximum absolute atomic E-state index is 4.32. The van der Waals surface area contributed by atoms with Gasteiger partial charge < -0.3 is 20.9 Å². The molecule has 0 bridgehead atoms. The zero-order valence-corrected chi connectivity index (χ0v) is 35.9. The first kappa shape index (κ1) is 40.1. The number of anilines is 4. The van der Waals surface area contributed by atoms with Crippen molar-refractivity contribution in [3.8, 4) is 22.3 Å². The summed E-state index contributed by atoms with van der Waals surface area (Å²) in [6, 6.07) is 44.5. The highest BCUT2D eigenvalue weighted by Gasteiger charge is 2.42. The molecule has 0 saturated heterocycles. The van der Waals surface area contributed by atoms with Crippen molar-refractivity contribution < 1.29 is 0 Å². The Labute approximate surface area is 373 Å². The Hall–Kier alpha value is -7.04. The average Bonchev–Trinajstić information content (AvgIpc) is 3.69. The van der Waals surface area contributed by atoms with Gasteiger partial charge in [0.05, 0.1) is 12.1 Å². The number of nitrogens with zero attached hydrogens (tertiary/aromatic N) is 1. The van der Waals surface area contributed by atoms with Gasteiger partial charge in [-0.05, 0) is 113 Å². The van der Waals surface area contributed by atoms with Gasteiger partial charge in [-0.15, -0.1) is 0 Å². The fourth-order valence-corrected chi connectivity index (χ4v) is 9.93. The molecule has 63 heavy (non-hydrogen) atoms. The summed E-state index contributed by atoms with van der Waals surface area (Å²) in [4.78, 5) is 2.69. The van der Waals surface area contributed by atoms with E-state index in [1.54, 1.807) is 0 Å². The summed E-state index contributed by atoms with van der Waals surface area (Å²) in [6.07, 6.45) is 36.3. The number of fused-ring (bicyclic) bond motifs is 3. The van der Waals surface area contributed by atoms with E-state index in [9.17, 15) is 0 Å². The normalized spacial score (nSPS) is 21.0. The third kappa shape index (κ3) is 8.72. The van der Waals surface area contributed by atoms with Crippen molar-refractivity contribution in [2.75, 3.05) is 28.6 Å². The Morgan fingerprint density at radius 2 is 1.46 bits per heavy atom. The largest absolute Gasteiger partial charge is 0.388 e. The van der Waals surface area contributed by atoms with Crippen molar-refractivity contribution in [2.24, 2.45) is 11.8 Å². The van der Waals surface area contributed by atoms with Crippen LogP contribution in [0.25, 0.3) is 27.8 Å². The molecule has 4 aliphatic carbocycles. The molecule has 1 heterocycles. The zero-order chi connectivity index (χ0) is 42.4. The number of nitrogens with one attached hydrogen (secondary N) is 3. The Morgan fingerprint density at radius 3 is 2.29 bits per heavy atom. The molecule has 5 aromatic rings. The van der Waals surface area contributed by atoms with Gasteiger partial charge in [0, 0.05) is 58.9 Å². The van der Waals surface area contributed by atoms with E-state index in [-0.39, 0.29) is 18.0 Å². The Bertz CT molecular complexity index is 2710. The third-order valence-corrected chi connectivity index (χ3v) is 13.3. The lowest BCUT2D eigenvalue weighted by molar-refractivity contribution is 0.569. The van der Waals surface area contributed by atoms with E-state index in [4.69, 9.17) is 0 Å². The van der Waals surface area contributed by atoms with Crippen molar-refractivity contribution in [1.82, 2.24) is 5.32 Å². The van der Waals surface area contributed by atoms with Gasteiger partial charge in [0.15, 0.2) is 0 Å². The molecule has 5 aromatic carbocycles. The molecule has 4 heteroatoms. The fourth-order valence-electron chi connectivity index (χ4n) is 9.93. The summed E-state index contributed by atoms with van der Waals surface area (Å²) in [6.45, 7) is 6.04. The summed E-state index contributed by atoms with van der Waals surface area (Å²) >= 11 is 0. The maximum atomic E-state index is 4.32. The number of hydrogen-bond acceptors (Lipinski definition) is 4. The highest BCUT2D eigenvalue weighted by atomic mass is 15.2. The first-order valence-electron chi connectivity index (χ1n) is 22.8. The van der Waals surface area contributed by atoms with Crippen LogP contribution in [0.3, 0.4) is 0 Å². The predicted octanol–water partition coefficient (Wildman–Crippen LogP) is 14.1. The van der Waals surface area contributed by atoms with Crippen LogP contribution in [0.4, 0.5) is 22.7 Å². The quantitative estimate of drug-likeness (QED) is 0.104. The first-order chi connectivity index (χ1) is 31.2. The van der Waals surface area contributed by atoms with Crippen molar-refractivity contribution in [3.05, 3.63) is 235 Å². The predicted molar refractivity (Wildman–Crippen MR) is 268 cm³/mol. The van der Waals surface area contributed by atoms with Gasteiger partial charge in [-0.1, -0.05) is 171 Å². The second-order valence-corrected chi connectivity index (χ2v) is 17.3. The first-order valence-corrected chi connectivity index (χ1v) is 22.8. The van der Waals surface area contributed by atoms with Gasteiger partial charge in [0.1, 0.15) is 0 Å². The van der Waals surface area contributed by atoms with Gasteiger partial charge in [0.25, 0.3) is 0 Å². The van der Waals surface area contributed by atoms with Crippen LogP contribution in [-0.4, -0.2) is 25.2 Å². The van der Waals surface area contributed by atoms with Crippen molar-refractivity contribution >= 4 is 28.3 Å². The lowest BCUT2D eigenvalue weighted by Crippen LogP contribution is -2.46. The highest BCUT2D eigenvalue weighted by molar-refractivity contribution is 5.86. The second-order valence-electron chi connectivity index (χ2n) is 17.3. The van der Waals surface area contributed by atoms with Crippen LogP contribution in [-0.2, 0) is 0 Å². The highest BCUT2D eigenvalue weighted by Crippen LogP contribution is 2.50. The maximum Gasteiger partial charge on any atom is 0.0718 e. The molecule has 3 N–H and O–H groups in total. The zero-order valence-electron chi connectivity index (χ0n) is 35.9. The lowest BCUT2D eigenvalue weighted by Gasteiger charge is -2.38. The fraction of sp³-hybridized carbons (Fsp3) is 0.186. The Balaban J connectivity index is 0.863. The molecule has 10 rings (SSSR count). The smallest absolute Gasteiger partial charge is 0.0718 e. The average molecular weight is 821 g/mol. The topological polar surface area (TPSA) is 39.3 Å². The van der Waals surface area contributed by atoms with Crippen LogP contribution < -0.4 is 20.9 Å². The minimum absolute atomic E-state index is 0.179. The molecule has 5 aliphatic rings. The molecule has 0 radical (unpaired) electrons. The van der Waals surface area contributed by atoms with E-state index in [0.29, 0.717) is 11.8 Å². The summed E-state index contributed by atoms with van der Waals surface area (Å²) in [5.74, 6) is 1.09. The van der Waals surface area contributed by atoms with Crippen LogP contribution >= 0.6 is 0 Å². The van der Waals surface area contributed by atoms with Crippen molar-refractivity contribution in [2.45, 2.75) is 43.7 Å². The standard InChI is InChI=1S/C59H56N4/c1-42(44-17-5-2-6-18-44)60-40-43-31-33-45(34-32-43)48-21-15-22-49(39-48)52-25-11-13-28-55(52)62-51-37-35-46(36-38-51)53-27-16-30-57-59(53)54-26-12-14-29-56(54)63(57)58(47-19-7-3-8-20-47)41-61-50-23-9-4-10-24-50/h2,4-7,9-17,19-31,33-39,43-44,54,56,58,60-62H,1,3,8,18,32,40-41H2/t43?,44?,54-,56?,58?/m0/s1. The van der Waals surface area contributed by atoms with E-state index < -0.39 is 0 Å². The van der Waals surface area contributed by atoms with Crippen LogP contribution in [0.2, 0.25) is 0 Å². The Morgan fingerprint density at radius 1 is 0.651 bits per heavy atom. The molecule has 0 aromatic heterocycles. The van der Waals surface area contributed by atoms with E-state index in [0.717, 1.165) is 61.5 Å². The molecular weight excluding hydrogens is 765 g/mol. The lowest BCUT2D eigenvalue weighted by atomic mass is 9.86. The van der Waals surface area contributed by atoms with E-state index in [1.165, 1.54) is 50.2 Å². The third-order valence-electron chi connectivity index (χ3n) is 13.3. The van der Waals surface area contributed by atoms with E-state index in [2.05, 4.69) is 234 Å². The van der Waals surface area contributed by atoms with Crippen LogP contribution in [0.1, 0.15) is 42.7 Å².